The van der Waals surface area contributed by atoms with Crippen LogP contribution in [0.15, 0.2) is 23.1 Å². The molecule has 0 unspecified atom stereocenters. The number of sulfonamides is 1. The van der Waals surface area contributed by atoms with E-state index in [9.17, 15) is 13.2 Å². The Bertz CT molecular complexity index is 842. The molecular weight excluding hydrogens is 394 g/mol. The van der Waals surface area contributed by atoms with Crippen molar-refractivity contribution < 1.29 is 22.7 Å². The van der Waals surface area contributed by atoms with Crippen molar-refractivity contribution in [3.05, 3.63) is 23.8 Å². The molecule has 8 nitrogen and oxygen atoms in total. The van der Waals surface area contributed by atoms with E-state index in [4.69, 9.17) is 9.47 Å². The van der Waals surface area contributed by atoms with Gasteiger partial charge in [0.2, 0.25) is 10.0 Å². The quantitative estimate of drug-likeness (QED) is 0.676. The van der Waals surface area contributed by atoms with E-state index in [1.807, 2.05) is 0 Å². The summed E-state index contributed by atoms with van der Waals surface area (Å²) >= 11 is 0. The fourth-order valence-electron chi connectivity index (χ4n) is 3.92. The number of methoxy groups -OCH3 is 1. The lowest BCUT2D eigenvalue weighted by Crippen LogP contribution is -2.49. The first kappa shape index (κ1) is 20.6. The molecule has 2 heterocycles. The van der Waals surface area contributed by atoms with Crippen LogP contribution in [0.2, 0.25) is 0 Å². The van der Waals surface area contributed by atoms with E-state index in [1.165, 1.54) is 36.4 Å². The molecule has 0 atom stereocenters. The van der Waals surface area contributed by atoms with Crippen molar-refractivity contribution in [2.75, 3.05) is 66.1 Å². The summed E-state index contributed by atoms with van der Waals surface area (Å²) in [4.78, 5) is 17.5. The lowest BCUT2D eigenvalue weighted by Gasteiger charge is -2.35. The number of hydrogen-bond donors (Lipinski definition) is 0. The second kappa shape index (κ2) is 8.59. The van der Waals surface area contributed by atoms with Gasteiger partial charge in [0.25, 0.3) is 5.91 Å². The molecule has 2 aliphatic heterocycles. The van der Waals surface area contributed by atoms with E-state index >= 15 is 0 Å². The van der Waals surface area contributed by atoms with Gasteiger partial charge in [0.1, 0.15) is 5.75 Å². The Hall–Kier alpha value is -1.68. The van der Waals surface area contributed by atoms with Gasteiger partial charge in [-0.15, -0.1) is 0 Å². The zero-order valence-corrected chi connectivity index (χ0v) is 17.7. The Balaban J connectivity index is 1.51. The van der Waals surface area contributed by atoms with Gasteiger partial charge < -0.3 is 14.4 Å². The van der Waals surface area contributed by atoms with Crippen LogP contribution in [-0.4, -0.2) is 94.6 Å². The molecule has 160 valence electrons. The summed E-state index contributed by atoms with van der Waals surface area (Å²) in [6.45, 7) is 5.54. The molecule has 1 aromatic rings. The van der Waals surface area contributed by atoms with Crippen molar-refractivity contribution in [2.24, 2.45) is 5.92 Å². The Kier molecular flexibility index (Phi) is 6.10. The third-order valence-corrected chi connectivity index (χ3v) is 7.78. The number of ether oxygens (including phenoxy) is 2. The molecule has 0 aromatic heterocycles. The molecule has 3 fully saturated rings. The molecule has 9 heteroatoms. The van der Waals surface area contributed by atoms with Gasteiger partial charge in [-0.25, -0.2) is 8.42 Å². The van der Waals surface area contributed by atoms with Crippen LogP contribution in [0, 0.1) is 5.92 Å². The number of rotatable bonds is 6. The molecular formula is C20H29N3O5S. The minimum atomic E-state index is -3.67. The molecule has 1 saturated carbocycles. The van der Waals surface area contributed by atoms with Gasteiger partial charge in [-0.05, 0) is 37.0 Å². The van der Waals surface area contributed by atoms with E-state index in [2.05, 4.69) is 4.90 Å². The van der Waals surface area contributed by atoms with Crippen LogP contribution < -0.4 is 4.74 Å². The van der Waals surface area contributed by atoms with E-state index in [0.29, 0.717) is 50.7 Å². The first-order valence-corrected chi connectivity index (χ1v) is 11.7. The summed E-state index contributed by atoms with van der Waals surface area (Å²) in [6, 6.07) is 4.54. The molecule has 0 bridgehead atoms. The molecule has 29 heavy (non-hydrogen) atoms. The fourth-order valence-corrected chi connectivity index (χ4v) is 5.35. The Morgan fingerprint density at radius 3 is 2.41 bits per heavy atom. The van der Waals surface area contributed by atoms with E-state index in [0.717, 1.165) is 25.6 Å². The summed E-state index contributed by atoms with van der Waals surface area (Å²) in [5, 5.41) is 0. The molecule has 0 spiro atoms. The number of nitrogens with zero attached hydrogens (tertiary/aromatic N) is 3. The van der Waals surface area contributed by atoms with Crippen molar-refractivity contribution >= 4 is 15.9 Å². The highest BCUT2D eigenvalue weighted by molar-refractivity contribution is 7.89. The van der Waals surface area contributed by atoms with Crippen LogP contribution in [0.4, 0.5) is 0 Å². The van der Waals surface area contributed by atoms with Gasteiger partial charge in [0.05, 0.1) is 30.8 Å². The summed E-state index contributed by atoms with van der Waals surface area (Å²) in [6.07, 6.45) is 2.64. The minimum Gasteiger partial charge on any atom is -0.496 e. The van der Waals surface area contributed by atoms with Gasteiger partial charge in [0, 0.05) is 45.8 Å². The maximum atomic E-state index is 13.2. The molecule has 4 rings (SSSR count). The van der Waals surface area contributed by atoms with Crippen molar-refractivity contribution in [1.29, 1.82) is 0 Å². The highest BCUT2D eigenvalue weighted by atomic mass is 32.2. The van der Waals surface area contributed by atoms with E-state index in [1.54, 1.807) is 11.0 Å². The number of carbonyl (C=O) groups excluding carboxylic acids is 1. The number of morpholine rings is 1. The fraction of sp³-hybridized carbons (Fsp3) is 0.650. The Labute approximate surface area is 172 Å². The molecule has 3 aliphatic rings. The lowest BCUT2D eigenvalue weighted by molar-refractivity contribution is 0.0628. The zero-order chi connectivity index (χ0) is 20.4. The second-order valence-corrected chi connectivity index (χ2v) is 9.85. The molecule has 0 N–H and O–H groups in total. The SMILES string of the molecule is COc1ccc(S(=O)(=O)N2CCOCC2)cc1C(=O)N1CCN(CC2CC2)CC1. The molecule has 2 saturated heterocycles. The minimum absolute atomic E-state index is 0.121. The topological polar surface area (TPSA) is 79.4 Å². The Morgan fingerprint density at radius 2 is 1.79 bits per heavy atom. The Morgan fingerprint density at radius 1 is 1.10 bits per heavy atom. The summed E-state index contributed by atoms with van der Waals surface area (Å²) in [5.41, 5.74) is 0.303. The van der Waals surface area contributed by atoms with Crippen LogP contribution in [0.5, 0.6) is 5.75 Å². The largest absolute Gasteiger partial charge is 0.496 e. The smallest absolute Gasteiger partial charge is 0.257 e. The standard InChI is InChI=1S/C20H29N3O5S/c1-27-19-5-4-17(29(25,26)23-10-12-28-13-11-23)14-18(19)20(24)22-8-6-21(7-9-22)15-16-2-3-16/h4-5,14,16H,2-3,6-13,15H2,1H3. The first-order chi connectivity index (χ1) is 14.0. The number of hydrogen-bond acceptors (Lipinski definition) is 6. The maximum absolute atomic E-state index is 13.2. The predicted octanol–water partition coefficient (Wildman–Crippen LogP) is 0.884. The highest BCUT2D eigenvalue weighted by Gasteiger charge is 2.31. The van der Waals surface area contributed by atoms with Crippen LogP contribution in [0.1, 0.15) is 23.2 Å². The summed E-state index contributed by atoms with van der Waals surface area (Å²) in [7, 11) is -2.17. The van der Waals surface area contributed by atoms with Gasteiger partial charge in [-0.3, -0.25) is 9.69 Å². The number of benzene rings is 1. The monoisotopic (exact) mass is 423 g/mol. The first-order valence-electron chi connectivity index (χ1n) is 10.3. The summed E-state index contributed by atoms with van der Waals surface area (Å²) < 4.78 is 38.0. The maximum Gasteiger partial charge on any atom is 0.257 e. The molecule has 1 aromatic carbocycles. The number of amides is 1. The van der Waals surface area contributed by atoms with E-state index < -0.39 is 10.0 Å². The molecule has 1 amide bonds. The van der Waals surface area contributed by atoms with Crippen molar-refractivity contribution in [1.82, 2.24) is 14.1 Å². The normalized spacial score (nSPS) is 21.9. The van der Waals surface area contributed by atoms with Gasteiger partial charge >= 0.3 is 0 Å². The predicted molar refractivity (Wildman–Crippen MR) is 108 cm³/mol. The average molecular weight is 424 g/mol. The molecule has 0 radical (unpaired) electrons. The number of carbonyl (C=O) groups is 1. The van der Waals surface area contributed by atoms with Crippen molar-refractivity contribution in [3.8, 4) is 5.75 Å². The average Bonchev–Trinajstić information content (AvgIpc) is 3.58. The van der Waals surface area contributed by atoms with E-state index in [-0.39, 0.29) is 10.8 Å². The van der Waals surface area contributed by atoms with Crippen LogP contribution in [-0.2, 0) is 14.8 Å². The van der Waals surface area contributed by atoms with Crippen LogP contribution in [0.3, 0.4) is 0 Å². The summed E-state index contributed by atoms with van der Waals surface area (Å²) in [5.74, 6) is 1.06. The second-order valence-electron chi connectivity index (χ2n) is 7.91. The van der Waals surface area contributed by atoms with Gasteiger partial charge in [-0.2, -0.15) is 4.31 Å². The van der Waals surface area contributed by atoms with Crippen molar-refractivity contribution in [2.45, 2.75) is 17.7 Å². The lowest BCUT2D eigenvalue weighted by atomic mass is 10.1. The van der Waals surface area contributed by atoms with Crippen LogP contribution in [0.25, 0.3) is 0 Å². The zero-order valence-electron chi connectivity index (χ0n) is 16.9. The van der Waals surface area contributed by atoms with Gasteiger partial charge in [-0.1, -0.05) is 0 Å². The van der Waals surface area contributed by atoms with Gasteiger partial charge in [0.15, 0.2) is 0 Å². The molecule has 1 aliphatic carbocycles. The third-order valence-electron chi connectivity index (χ3n) is 5.88. The van der Waals surface area contributed by atoms with Crippen molar-refractivity contribution in [3.63, 3.8) is 0 Å². The third kappa shape index (κ3) is 4.58. The highest BCUT2D eigenvalue weighted by Crippen LogP contribution is 2.30. The number of piperazine rings is 1. The van der Waals surface area contributed by atoms with Crippen LogP contribution >= 0.6 is 0 Å².